The van der Waals surface area contributed by atoms with Gasteiger partial charge in [0, 0.05) is 32.2 Å². The monoisotopic (exact) mass is 396 g/mol. The van der Waals surface area contributed by atoms with Crippen LogP contribution in [-0.2, 0) is 17.8 Å². The molecular weight excluding hydrogens is 364 g/mol. The molecule has 0 fully saturated rings. The fraction of sp³-hybridized carbons (Fsp3) is 0.391. The summed E-state index contributed by atoms with van der Waals surface area (Å²) in [6.07, 6.45) is 2.27. The van der Waals surface area contributed by atoms with E-state index in [0.717, 1.165) is 47.9 Å². The Morgan fingerprint density at radius 2 is 1.79 bits per heavy atom. The normalized spacial score (nSPS) is 11.1. The zero-order valence-corrected chi connectivity index (χ0v) is 17.8. The summed E-state index contributed by atoms with van der Waals surface area (Å²) in [5, 5.41) is 9.54. The Labute approximate surface area is 173 Å². The molecule has 0 spiro atoms. The van der Waals surface area contributed by atoms with Gasteiger partial charge in [-0.3, -0.25) is 9.79 Å². The molecule has 0 heterocycles. The molecule has 29 heavy (non-hydrogen) atoms. The number of carbonyl (C=O) groups is 1. The highest BCUT2D eigenvalue weighted by Gasteiger charge is 2.03. The lowest BCUT2D eigenvalue weighted by atomic mass is 10.1. The highest BCUT2D eigenvalue weighted by atomic mass is 16.5. The van der Waals surface area contributed by atoms with Crippen LogP contribution in [0.2, 0.25) is 0 Å². The molecule has 2 rings (SSSR count). The van der Waals surface area contributed by atoms with Crippen molar-refractivity contribution < 1.29 is 9.53 Å². The first-order chi connectivity index (χ1) is 14.0. The first-order valence-electron chi connectivity index (χ1n) is 10.0. The minimum atomic E-state index is 0.0502. The molecule has 3 N–H and O–H groups in total. The molecule has 0 aliphatic carbocycles. The summed E-state index contributed by atoms with van der Waals surface area (Å²) in [4.78, 5) is 15.9. The van der Waals surface area contributed by atoms with Gasteiger partial charge in [0.1, 0.15) is 5.75 Å². The predicted octanol–water partition coefficient (Wildman–Crippen LogP) is 3.65. The molecule has 0 aromatic heterocycles. The van der Waals surface area contributed by atoms with E-state index in [0.29, 0.717) is 13.0 Å². The van der Waals surface area contributed by atoms with Gasteiger partial charge in [-0.25, -0.2) is 0 Å². The number of anilines is 1. The van der Waals surface area contributed by atoms with Crippen molar-refractivity contribution in [2.45, 2.75) is 39.7 Å². The molecule has 0 radical (unpaired) electrons. The largest absolute Gasteiger partial charge is 0.496 e. The Bertz CT molecular complexity index is 816. The lowest BCUT2D eigenvalue weighted by Crippen LogP contribution is -2.37. The molecule has 156 valence electrons. The molecule has 6 heteroatoms. The molecule has 1 amide bonds. The van der Waals surface area contributed by atoms with Crippen LogP contribution in [0.4, 0.5) is 5.69 Å². The molecular formula is C23H32N4O2. The van der Waals surface area contributed by atoms with E-state index >= 15 is 0 Å². The lowest BCUT2D eigenvalue weighted by molar-refractivity contribution is -0.116. The molecule has 6 nitrogen and oxygen atoms in total. The fourth-order valence-electron chi connectivity index (χ4n) is 2.91. The lowest BCUT2D eigenvalue weighted by Gasteiger charge is -2.13. The van der Waals surface area contributed by atoms with Crippen molar-refractivity contribution in [3.8, 4) is 5.75 Å². The molecule has 0 saturated carbocycles. The second-order valence-corrected chi connectivity index (χ2v) is 6.90. The minimum absolute atomic E-state index is 0.0502. The third-order valence-electron chi connectivity index (χ3n) is 4.58. The number of ether oxygens (including phenoxy) is 1. The van der Waals surface area contributed by atoms with E-state index in [4.69, 9.17) is 4.74 Å². The van der Waals surface area contributed by atoms with Crippen molar-refractivity contribution in [1.82, 2.24) is 10.6 Å². The van der Waals surface area contributed by atoms with Crippen LogP contribution in [0.1, 0.15) is 36.5 Å². The number of guanidine groups is 1. The number of aryl methyl sites for hydroxylation is 1. The minimum Gasteiger partial charge on any atom is -0.496 e. The Hall–Kier alpha value is -3.02. The molecule has 0 aliphatic heterocycles. The summed E-state index contributed by atoms with van der Waals surface area (Å²) in [6, 6.07) is 14.1. The number of amides is 1. The van der Waals surface area contributed by atoms with Gasteiger partial charge in [0.2, 0.25) is 5.91 Å². The van der Waals surface area contributed by atoms with Crippen molar-refractivity contribution in [3.63, 3.8) is 0 Å². The third kappa shape index (κ3) is 7.49. The van der Waals surface area contributed by atoms with Crippen molar-refractivity contribution in [3.05, 3.63) is 59.2 Å². The third-order valence-corrected chi connectivity index (χ3v) is 4.58. The predicted molar refractivity (Wildman–Crippen MR) is 120 cm³/mol. The molecule has 2 aromatic rings. The zero-order valence-electron chi connectivity index (χ0n) is 17.8. The average Bonchev–Trinajstić information content (AvgIpc) is 2.73. The SMILES string of the molecule is CCCC(=O)Nc1ccc(CNC(=NC)NCCc2ccc(C)c(OC)c2)cc1. The van der Waals surface area contributed by atoms with Crippen molar-refractivity contribution >= 4 is 17.6 Å². The maximum atomic E-state index is 11.7. The highest BCUT2D eigenvalue weighted by Crippen LogP contribution is 2.19. The number of carbonyl (C=O) groups excluding carboxylic acids is 1. The van der Waals surface area contributed by atoms with Gasteiger partial charge in [0.25, 0.3) is 0 Å². The summed E-state index contributed by atoms with van der Waals surface area (Å²) in [7, 11) is 3.46. The quantitative estimate of drug-likeness (QED) is 0.447. The van der Waals surface area contributed by atoms with Gasteiger partial charge in [-0.2, -0.15) is 0 Å². The Morgan fingerprint density at radius 3 is 2.45 bits per heavy atom. The van der Waals surface area contributed by atoms with E-state index in [9.17, 15) is 4.79 Å². The van der Waals surface area contributed by atoms with Crippen LogP contribution in [0.5, 0.6) is 5.75 Å². The molecule has 0 aliphatic rings. The fourth-order valence-corrected chi connectivity index (χ4v) is 2.91. The maximum absolute atomic E-state index is 11.7. The number of hydrogen-bond acceptors (Lipinski definition) is 3. The van der Waals surface area contributed by atoms with Crippen LogP contribution >= 0.6 is 0 Å². The smallest absolute Gasteiger partial charge is 0.224 e. The summed E-state index contributed by atoms with van der Waals surface area (Å²) in [5.41, 5.74) is 4.29. The van der Waals surface area contributed by atoms with Crippen LogP contribution in [-0.4, -0.2) is 32.6 Å². The van der Waals surface area contributed by atoms with Crippen LogP contribution in [0.15, 0.2) is 47.5 Å². The van der Waals surface area contributed by atoms with Gasteiger partial charge in [0.05, 0.1) is 7.11 Å². The van der Waals surface area contributed by atoms with Gasteiger partial charge in [0.15, 0.2) is 5.96 Å². The number of nitrogens with one attached hydrogen (secondary N) is 3. The van der Waals surface area contributed by atoms with Crippen LogP contribution < -0.4 is 20.7 Å². The van der Waals surface area contributed by atoms with E-state index in [-0.39, 0.29) is 5.91 Å². The molecule has 0 bridgehead atoms. The van der Waals surface area contributed by atoms with Gasteiger partial charge < -0.3 is 20.7 Å². The number of nitrogens with zero attached hydrogens (tertiary/aromatic N) is 1. The summed E-state index contributed by atoms with van der Waals surface area (Å²) < 4.78 is 5.38. The van der Waals surface area contributed by atoms with Gasteiger partial charge in [-0.05, 0) is 54.7 Å². The van der Waals surface area contributed by atoms with Crippen molar-refractivity contribution in [1.29, 1.82) is 0 Å². The molecule has 0 unspecified atom stereocenters. The summed E-state index contributed by atoms with van der Waals surface area (Å²) >= 11 is 0. The topological polar surface area (TPSA) is 74.8 Å². The number of rotatable bonds is 9. The van der Waals surface area contributed by atoms with E-state index in [1.807, 2.05) is 38.1 Å². The first kappa shape index (κ1) is 22.3. The standard InChI is InChI=1S/C23H32N4O2/c1-5-6-22(28)27-20-11-9-19(10-12-20)16-26-23(24-3)25-14-13-18-8-7-17(2)21(15-18)29-4/h7-12,15H,5-6,13-14,16H2,1-4H3,(H,27,28)(H2,24,25,26). The number of hydrogen-bond donors (Lipinski definition) is 3. The molecule has 0 atom stereocenters. The molecule has 0 saturated heterocycles. The number of benzene rings is 2. The van der Waals surface area contributed by atoms with E-state index in [1.54, 1.807) is 14.2 Å². The Balaban J connectivity index is 1.78. The van der Waals surface area contributed by atoms with E-state index in [2.05, 4.69) is 39.1 Å². The van der Waals surface area contributed by atoms with Crippen LogP contribution in [0, 0.1) is 6.92 Å². The van der Waals surface area contributed by atoms with Crippen molar-refractivity contribution in [2.24, 2.45) is 4.99 Å². The maximum Gasteiger partial charge on any atom is 0.224 e. The van der Waals surface area contributed by atoms with Crippen LogP contribution in [0.25, 0.3) is 0 Å². The van der Waals surface area contributed by atoms with Crippen LogP contribution in [0.3, 0.4) is 0 Å². The van der Waals surface area contributed by atoms with Gasteiger partial charge in [-0.15, -0.1) is 0 Å². The Kier molecular flexibility index (Phi) is 9.02. The zero-order chi connectivity index (χ0) is 21.1. The molecule has 2 aromatic carbocycles. The second-order valence-electron chi connectivity index (χ2n) is 6.90. The van der Waals surface area contributed by atoms with E-state index < -0.39 is 0 Å². The van der Waals surface area contributed by atoms with E-state index in [1.165, 1.54) is 5.56 Å². The second kappa shape index (κ2) is 11.7. The van der Waals surface area contributed by atoms with Gasteiger partial charge in [-0.1, -0.05) is 31.2 Å². The first-order valence-corrected chi connectivity index (χ1v) is 10.0. The highest BCUT2D eigenvalue weighted by molar-refractivity contribution is 5.90. The summed E-state index contributed by atoms with van der Waals surface area (Å²) in [5.74, 6) is 1.72. The number of aliphatic imine (C=N–C) groups is 1. The Morgan fingerprint density at radius 1 is 1.07 bits per heavy atom. The van der Waals surface area contributed by atoms with Gasteiger partial charge >= 0.3 is 0 Å². The van der Waals surface area contributed by atoms with Crippen molar-refractivity contribution in [2.75, 3.05) is 26.0 Å². The summed E-state index contributed by atoms with van der Waals surface area (Å²) in [6.45, 7) is 5.46. The average molecular weight is 397 g/mol. The number of methoxy groups -OCH3 is 1.